The average molecular weight is 342 g/mol. The molecule has 0 unspecified atom stereocenters. The average Bonchev–Trinajstić information content (AvgIpc) is 2.98. The second-order valence-electron chi connectivity index (χ2n) is 5.95. The van der Waals surface area contributed by atoms with E-state index in [1.54, 1.807) is 0 Å². The number of aromatic nitrogens is 1. The molecular formula is C23H16ClN. The molecule has 2 heteroatoms. The number of para-hydroxylation sites is 2. The molecule has 0 saturated carbocycles. The van der Waals surface area contributed by atoms with Crippen molar-refractivity contribution in [3.63, 3.8) is 0 Å². The van der Waals surface area contributed by atoms with Gasteiger partial charge in [0.15, 0.2) is 0 Å². The molecule has 0 N–H and O–H groups in total. The molecule has 0 spiro atoms. The summed E-state index contributed by atoms with van der Waals surface area (Å²) in [5.41, 5.74) is 5.33. The highest BCUT2D eigenvalue weighted by atomic mass is 35.5. The van der Waals surface area contributed by atoms with Gasteiger partial charge in [-0.15, -0.1) is 0 Å². The van der Waals surface area contributed by atoms with Crippen LogP contribution in [0.5, 0.6) is 0 Å². The molecule has 0 fully saturated rings. The third-order valence-electron chi connectivity index (χ3n) is 4.28. The number of hydrogen-bond donors (Lipinski definition) is 0. The topological polar surface area (TPSA) is 4.93 Å². The van der Waals surface area contributed by atoms with Crippen molar-refractivity contribution < 1.29 is 0 Å². The van der Waals surface area contributed by atoms with Gasteiger partial charge in [0, 0.05) is 22.7 Å². The molecular weight excluding hydrogens is 326 g/mol. The summed E-state index contributed by atoms with van der Waals surface area (Å²) >= 11 is 6.22. The van der Waals surface area contributed by atoms with E-state index in [0.29, 0.717) is 5.02 Å². The van der Waals surface area contributed by atoms with Gasteiger partial charge in [0.25, 0.3) is 0 Å². The van der Waals surface area contributed by atoms with Crippen molar-refractivity contribution in [1.29, 1.82) is 0 Å². The predicted octanol–water partition coefficient (Wildman–Crippen LogP) is 5.99. The Labute approximate surface area is 152 Å². The van der Waals surface area contributed by atoms with Crippen LogP contribution in [0.1, 0.15) is 16.7 Å². The van der Waals surface area contributed by atoms with E-state index >= 15 is 0 Å². The molecule has 0 radical (unpaired) electrons. The number of nitrogens with zero attached hydrogens (tertiary/aromatic N) is 1. The highest BCUT2D eigenvalue weighted by Crippen LogP contribution is 2.26. The molecule has 4 rings (SSSR count). The van der Waals surface area contributed by atoms with E-state index < -0.39 is 0 Å². The maximum Gasteiger partial charge on any atom is 0.0612 e. The summed E-state index contributed by atoms with van der Waals surface area (Å²) in [6.45, 7) is 2.14. The monoisotopic (exact) mass is 341 g/mol. The highest BCUT2D eigenvalue weighted by molar-refractivity contribution is 6.31. The minimum atomic E-state index is 0.676. The summed E-state index contributed by atoms with van der Waals surface area (Å²) in [5.74, 6) is 6.49. The number of rotatable bonds is 1. The van der Waals surface area contributed by atoms with Crippen LogP contribution < -0.4 is 0 Å². The molecule has 1 nitrogen and oxygen atoms in total. The lowest BCUT2D eigenvalue weighted by molar-refractivity contribution is 1.11. The zero-order valence-corrected chi connectivity index (χ0v) is 14.6. The number of aryl methyl sites for hydroxylation is 1. The molecule has 0 aliphatic heterocycles. The molecule has 0 bridgehead atoms. The fourth-order valence-electron chi connectivity index (χ4n) is 3.04. The van der Waals surface area contributed by atoms with Crippen LogP contribution in [0.25, 0.3) is 16.6 Å². The van der Waals surface area contributed by atoms with Crippen LogP contribution in [-0.2, 0) is 0 Å². The quantitative estimate of drug-likeness (QED) is 0.375. The molecule has 3 aromatic carbocycles. The number of benzene rings is 3. The molecule has 0 aliphatic rings. The first kappa shape index (κ1) is 15.6. The summed E-state index contributed by atoms with van der Waals surface area (Å²) in [7, 11) is 0. The van der Waals surface area contributed by atoms with Crippen molar-refractivity contribution in [3.05, 3.63) is 101 Å². The van der Waals surface area contributed by atoms with Crippen LogP contribution >= 0.6 is 11.6 Å². The minimum Gasteiger partial charge on any atom is -0.315 e. The van der Waals surface area contributed by atoms with Gasteiger partial charge in [-0.05, 0) is 42.8 Å². The molecule has 4 aromatic rings. The number of halogens is 1. The summed E-state index contributed by atoms with van der Waals surface area (Å²) < 4.78 is 2.21. The van der Waals surface area contributed by atoms with E-state index in [9.17, 15) is 0 Å². The lowest BCUT2D eigenvalue weighted by atomic mass is 10.1. The van der Waals surface area contributed by atoms with E-state index in [1.807, 2.05) is 42.5 Å². The summed E-state index contributed by atoms with van der Waals surface area (Å²) in [6.07, 6.45) is 2.17. The Balaban J connectivity index is 1.87. The molecule has 1 aromatic heterocycles. The summed E-state index contributed by atoms with van der Waals surface area (Å²) in [4.78, 5) is 0. The van der Waals surface area contributed by atoms with Crippen LogP contribution in [0.3, 0.4) is 0 Å². The third-order valence-corrected chi connectivity index (χ3v) is 4.61. The van der Waals surface area contributed by atoms with Crippen molar-refractivity contribution >= 4 is 22.5 Å². The number of fused-ring (bicyclic) bond motifs is 1. The Morgan fingerprint density at radius 1 is 0.760 bits per heavy atom. The third kappa shape index (κ3) is 2.93. The standard InChI is InChI=1S/C23H16ClN/c1-17-16-25(23-13-7-4-10-20(17)23)22-12-6-3-9-19(22)15-14-18-8-2-5-11-21(18)24/h2-13,16H,1H3. The molecule has 0 amide bonds. The zero-order valence-electron chi connectivity index (χ0n) is 13.8. The van der Waals surface area contributed by atoms with E-state index in [2.05, 4.69) is 59.9 Å². The molecule has 0 aliphatic carbocycles. The Morgan fingerprint density at radius 3 is 2.24 bits per heavy atom. The predicted molar refractivity (Wildman–Crippen MR) is 105 cm³/mol. The van der Waals surface area contributed by atoms with Crippen molar-refractivity contribution in [1.82, 2.24) is 4.57 Å². The molecule has 120 valence electrons. The second-order valence-corrected chi connectivity index (χ2v) is 6.35. The lowest BCUT2D eigenvalue weighted by Gasteiger charge is -2.08. The summed E-state index contributed by atoms with van der Waals surface area (Å²) in [6, 6.07) is 24.3. The first-order valence-corrected chi connectivity index (χ1v) is 8.54. The van der Waals surface area contributed by atoms with Crippen molar-refractivity contribution in [2.24, 2.45) is 0 Å². The minimum absolute atomic E-state index is 0.676. The van der Waals surface area contributed by atoms with Gasteiger partial charge in [-0.3, -0.25) is 0 Å². The molecule has 0 saturated heterocycles. The lowest BCUT2D eigenvalue weighted by Crippen LogP contribution is -1.95. The maximum atomic E-state index is 6.22. The highest BCUT2D eigenvalue weighted by Gasteiger charge is 2.08. The van der Waals surface area contributed by atoms with E-state index in [4.69, 9.17) is 11.6 Å². The van der Waals surface area contributed by atoms with Gasteiger partial charge in [0.1, 0.15) is 0 Å². The van der Waals surface area contributed by atoms with Gasteiger partial charge in [-0.2, -0.15) is 0 Å². The van der Waals surface area contributed by atoms with Crippen LogP contribution in [0.2, 0.25) is 5.02 Å². The fraction of sp³-hybridized carbons (Fsp3) is 0.0435. The van der Waals surface area contributed by atoms with Crippen LogP contribution in [0, 0.1) is 18.8 Å². The van der Waals surface area contributed by atoms with Gasteiger partial charge < -0.3 is 4.57 Å². The van der Waals surface area contributed by atoms with Crippen molar-refractivity contribution in [3.8, 4) is 17.5 Å². The van der Waals surface area contributed by atoms with Gasteiger partial charge >= 0.3 is 0 Å². The van der Waals surface area contributed by atoms with Gasteiger partial charge in [0.2, 0.25) is 0 Å². The Hall–Kier alpha value is -2.95. The maximum absolute atomic E-state index is 6.22. The fourth-order valence-corrected chi connectivity index (χ4v) is 3.22. The Morgan fingerprint density at radius 2 is 1.40 bits per heavy atom. The summed E-state index contributed by atoms with van der Waals surface area (Å²) in [5, 5.41) is 1.94. The van der Waals surface area contributed by atoms with E-state index in [0.717, 1.165) is 16.8 Å². The first-order chi connectivity index (χ1) is 12.2. The van der Waals surface area contributed by atoms with E-state index in [-0.39, 0.29) is 0 Å². The van der Waals surface area contributed by atoms with Gasteiger partial charge in [0.05, 0.1) is 16.2 Å². The second kappa shape index (κ2) is 6.51. The largest absolute Gasteiger partial charge is 0.315 e. The van der Waals surface area contributed by atoms with Gasteiger partial charge in [-0.25, -0.2) is 0 Å². The SMILES string of the molecule is Cc1cn(-c2ccccc2C#Cc2ccccc2Cl)c2ccccc12. The van der Waals surface area contributed by atoms with Crippen LogP contribution in [0.15, 0.2) is 79.0 Å². The smallest absolute Gasteiger partial charge is 0.0612 e. The van der Waals surface area contributed by atoms with Gasteiger partial charge in [-0.1, -0.05) is 65.9 Å². The number of hydrogen-bond acceptors (Lipinski definition) is 0. The van der Waals surface area contributed by atoms with E-state index in [1.165, 1.54) is 16.5 Å². The van der Waals surface area contributed by atoms with Crippen molar-refractivity contribution in [2.45, 2.75) is 6.92 Å². The first-order valence-electron chi connectivity index (χ1n) is 8.17. The normalized spacial score (nSPS) is 10.5. The zero-order chi connectivity index (χ0) is 17.2. The molecule has 25 heavy (non-hydrogen) atoms. The molecule has 1 heterocycles. The van der Waals surface area contributed by atoms with Crippen molar-refractivity contribution in [2.75, 3.05) is 0 Å². The van der Waals surface area contributed by atoms with Crippen LogP contribution in [-0.4, -0.2) is 4.57 Å². The molecule has 0 atom stereocenters. The Kier molecular flexibility index (Phi) is 4.06. The Bertz CT molecular complexity index is 1130. The van der Waals surface area contributed by atoms with Crippen LogP contribution in [0.4, 0.5) is 0 Å².